The van der Waals surface area contributed by atoms with E-state index in [2.05, 4.69) is 6.92 Å². The zero-order valence-electron chi connectivity index (χ0n) is 10.7. The lowest BCUT2D eigenvalue weighted by Gasteiger charge is -2.12. The monoisotopic (exact) mass is 269 g/mol. The van der Waals surface area contributed by atoms with Crippen LogP contribution in [0, 0.1) is 5.92 Å². The number of rotatable bonds is 6. The van der Waals surface area contributed by atoms with Crippen molar-refractivity contribution in [1.29, 1.82) is 0 Å². The number of nitrogens with two attached hydrogens (primary N) is 1. The van der Waals surface area contributed by atoms with E-state index in [1.54, 1.807) is 0 Å². The zero-order chi connectivity index (χ0) is 13.8. The second-order valence-corrected chi connectivity index (χ2v) is 4.56. The molecule has 0 aromatic carbocycles. The molecule has 0 fully saturated rings. The summed E-state index contributed by atoms with van der Waals surface area (Å²) in [7, 11) is -2.62. The predicted octanol–water partition coefficient (Wildman–Crippen LogP) is 0.893. The summed E-state index contributed by atoms with van der Waals surface area (Å²) in [6.45, 7) is 6.64. The Hall–Kier alpha value is -0.260. The van der Waals surface area contributed by atoms with Crippen LogP contribution < -0.4 is 5.73 Å². The van der Waals surface area contributed by atoms with Gasteiger partial charge >= 0.3 is 14.6 Å². The molecule has 7 heteroatoms. The lowest BCUT2D eigenvalue weighted by atomic mass is 10.1. The molecule has 0 amide bonds. The van der Waals surface area contributed by atoms with E-state index in [9.17, 15) is 4.79 Å². The number of unbranched alkanes of at least 4 members (excludes halogenated alkanes) is 1. The first-order chi connectivity index (χ1) is 7.81. The average Bonchev–Trinajstić information content (AvgIpc) is 2.15. The zero-order valence-corrected chi connectivity index (χ0v) is 11.6. The highest BCUT2D eigenvalue weighted by molar-refractivity contribution is 7.38. The fourth-order valence-corrected chi connectivity index (χ4v) is 1.03. The third-order valence-corrected chi connectivity index (χ3v) is 1.77. The van der Waals surface area contributed by atoms with Crippen LogP contribution in [0.3, 0.4) is 0 Å². The van der Waals surface area contributed by atoms with Gasteiger partial charge in [-0.3, -0.25) is 4.79 Å². The molecule has 0 aliphatic heterocycles. The molecular formula is C10H24NO5P. The van der Waals surface area contributed by atoms with Crippen LogP contribution in [0.4, 0.5) is 0 Å². The summed E-state index contributed by atoms with van der Waals surface area (Å²) in [4.78, 5) is 32.9. The van der Waals surface area contributed by atoms with E-state index in [-0.39, 0.29) is 5.97 Å². The quantitative estimate of drug-likeness (QED) is 0.323. The smallest absolute Gasteiger partial charge is 0.324 e. The van der Waals surface area contributed by atoms with Gasteiger partial charge in [0.15, 0.2) is 0 Å². The second kappa shape index (κ2) is 12.2. The second-order valence-electron chi connectivity index (χ2n) is 4.03. The lowest BCUT2D eigenvalue weighted by Crippen LogP contribution is -2.33. The third-order valence-electron chi connectivity index (χ3n) is 1.77. The first kappa shape index (κ1) is 19.1. The summed E-state index contributed by atoms with van der Waals surface area (Å²) in [6, 6.07) is -0.447. The van der Waals surface area contributed by atoms with Crippen molar-refractivity contribution < 1.29 is 24.2 Å². The van der Waals surface area contributed by atoms with E-state index in [4.69, 9.17) is 25.2 Å². The van der Waals surface area contributed by atoms with E-state index in [1.807, 2.05) is 13.8 Å². The van der Waals surface area contributed by atoms with E-state index in [0.29, 0.717) is 18.9 Å². The summed E-state index contributed by atoms with van der Waals surface area (Å²) in [5.41, 5.74) is 5.63. The van der Waals surface area contributed by atoms with Crippen molar-refractivity contribution in [1.82, 2.24) is 0 Å². The maximum absolute atomic E-state index is 11.2. The predicted molar refractivity (Wildman–Crippen MR) is 66.9 cm³/mol. The van der Waals surface area contributed by atoms with Gasteiger partial charge in [-0.15, -0.1) is 0 Å². The van der Waals surface area contributed by atoms with Crippen LogP contribution in [0.1, 0.15) is 40.0 Å². The lowest BCUT2D eigenvalue weighted by molar-refractivity contribution is -0.145. The molecule has 0 heterocycles. The highest BCUT2D eigenvalue weighted by Crippen LogP contribution is 2.11. The van der Waals surface area contributed by atoms with Gasteiger partial charge < -0.3 is 25.2 Å². The molecular weight excluding hydrogens is 245 g/mol. The highest BCUT2D eigenvalue weighted by Gasteiger charge is 2.15. The Labute approximate surface area is 104 Å². The number of carbonyl (C=O) groups excluding carboxylic acids is 1. The molecule has 0 unspecified atom stereocenters. The van der Waals surface area contributed by atoms with Gasteiger partial charge in [-0.2, -0.15) is 0 Å². The summed E-state index contributed by atoms with van der Waals surface area (Å²) in [5, 5.41) is 0. The molecule has 0 saturated carbocycles. The third kappa shape index (κ3) is 18.3. The molecule has 0 aliphatic rings. The fraction of sp³-hybridized carbons (Fsp3) is 0.900. The molecule has 0 saturated heterocycles. The number of carbonyl (C=O) groups is 1. The summed E-state index contributed by atoms with van der Waals surface area (Å²) < 4.78 is 4.98. The van der Waals surface area contributed by atoms with Crippen molar-refractivity contribution in [3.05, 3.63) is 0 Å². The molecule has 0 rings (SSSR count). The Kier molecular flexibility index (Phi) is 13.7. The molecule has 5 N–H and O–H groups in total. The van der Waals surface area contributed by atoms with Crippen LogP contribution in [0.15, 0.2) is 0 Å². The van der Waals surface area contributed by atoms with Crippen LogP contribution in [0.25, 0.3) is 0 Å². The van der Waals surface area contributed by atoms with Crippen LogP contribution in [-0.4, -0.2) is 33.3 Å². The summed E-state index contributed by atoms with van der Waals surface area (Å²) in [5.74, 6) is 0.177. The van der Waals surface area contributed by atoms with E-state index in [0.717, 1.165) is 12.8 Å². The first-order valence-electron chi connectivity index (χ1n) is 5.60. The van der Waals surface area contributed by atoms with Gasteiger partial charge in [-0.1, -0.05) is 27.2 Å². The van der Waals surface area contributed by atoms with E-state index < -0.39 is 14.6 Å². The molecule has 17 heavy (non-hydrogen) atoms. The van der Waals surface area contributed by atoms with Gasteiger partial charge in [0.05, 0.1) is 6.61 Å². The minimum absolute atomic E-state index is 0.262. The maximum atomic E-state index is 11.2. The molecule has 0 aromatic heterocycles. The van der Waals surface area contributed by atoms with Crippen LogP contribution >= 0.6 is 8.60 Å². The van der Waals surface area contributed by atoms with Crippen molar-refractivity contribution in [3.63, 3.8) is 0 Å². The van der Waals surface area contributed by atoms with Gasteiger partial charge in [0, 0.05) is 0 Å². The van der Waals surface area contributed by atoms with Crippen LogP contribution in [-0.2, 0) is 9.53 Å². The Morgan fingerprint density at radius 3 is 2.18 bits per heavy atom. The largest absolute Gasteiger partial charge is 0.465 e. The van der Waals surface area contributed by atoms with Crippen LogP contribution in [0.5, 0.6) is 0 Å². The topological polar surface area (TPSA) is 113 Å². The van der Waals surface area contributed by atoms with Crippen molar-refractivity contribution in [2.75, 3.05) is 6.61 Å². The molecule has 6 nitrogen and oxygen atoms in total. The van der Waals surface area contributed by atoms with E-state index in [1.165, 1.54) is 0 Å². The van der Waals surface area contributed by atoms with Gasteiger partial charge in [-0.25, -0.2) is 0 Å². The number of hydrogen-bond acceptors (Lipinski definition) is 6. The fourth-order valence-electron chi connectivity index (χ4n) is 1.03. The molecule has 0 aliphatic carbocycles. The van der Waals surface area contributed by atoms with Crippen molar-refractivity contribution in [3.8, 4) is 0 Å². The van der Waals surface area contributed by atoms with Gasteiger partial charge in [0.2, 0.25) is 0 Å². The van der Waals surface area contributed by atoms with Crippen molar-refractivity contribution >= 4 is 14.6 Å². The molecule has 0 spiro atoms. The minimum Gasteiger partial charge on any atom is -0.465 e. The number of esters is 1. The number of ether oxygens (including phenoxy) is 1. The Morgan fingerprint density at radius 1 is 1.35 bits per heavy atom. The van der Waals surface area contributed by atoms with Gasteiger partial charge in [-0.05, 0) is 18.8 Å². The van der Waals surface area contributed by atoms with Crippen molar-refractivity contribution in [2.24, 2.45) is 11.7 Å². The maximum Gasteiger partial charge on any atom is 0.324 e. The summed E-state index contributed by atoms with van der Waals surface area (Å²) >= 11 is 0. The minimum atomic E-state index is -2.62. The Balaban J connectivity index is 0. The van der Waals surface area contributed by atoms with E-state index >= 15 is 0 Å². The van der Waals surface area contributed by atoms with Gasteiger partial charge in [0.25, 0.3) is 0 Å². The SMILES string of the molecule is CCCCOC(=O)[C@@H](N)CC(C)C.OP(O)O. The van der Waals surface area contributed by atoms with Crippen LogP contribution in [0.2, 0.25) is 0 Å². The molecule has 1 atom stereocenters. The molecule has 0 bridgehead atoms. The average molecular weight is 269 g/mol. The standard InChI is InChI=1S/C10H21NO2.H3O3P/c1-4-5-6-13-10(12)9(11)7-8(2)3;1-4(2)3/h8-9H,4-7,11H2,1-3H3;1-3H/t9-;/m0./s1. The molecule has 0 radical (unpaired) electrons. The molecule has 104 valence electrons. The Bertz CT molecular complexity index is 187. The summed E-state index contributed by atoms with van der Waals surface area (Å²) in [6.07, 6.45) is 2.65. The first-order valence-corrected chi connectivity index (χ1v) is 6.80. The molecule has 0 aromatic rings. The van der Waals surface area contributed by atoms with Gasteiger partial charge in [0.1, 0.15) is 6.04 Å². The van der Waals surface area contributed by atoms with Crippen molar-refractivity contribution in [2.45, 2.75) is 46.1 Å². The Morgan fingerprint density at radius 2 is 1.82 bits per heavy atom. The highest BCUT2D eigenvalue weighted by atomic mass is 31.2. The normalized spacial score (nSPS) is 12.1. The number of hydrogen-bond donors (Lipinski definition) is 4.